The molecule has 1 atom stereocenters. The van der Waals surface area contributed by atoms with Crippen LogP contribution in [0.1, 0.15) is 12.2 Å². The number of hydrogen-bond donors (Lipinski definition) is 0. The molecule has 3 aromatic rings. The molecule has 1 fully saturated rings. The quantitative estimate of drug-likeness (QED) is 0.689. The van der Waals surface area contributed by atoms with Gasteiger partial charge in [0.15, 0.2) is 5.03 Å². The summed E-state index contributed by atoms with van der Waals surface area (Å²) in [7, 11) is -1.84. The first kappa shape index (κ1) is 16.9. The van der Waals surface area contributed by atoms with Gasteiger partial charge in [0, 0.05) is 19.8 Å². The molecule has 9 heteroatoms. The number of sulfonamides is 1. The van der Waals surface area contributed by atoms with Gasteiger partial charge in [-0.2, -0.15) is 4.31 Å². The highest BCUT2D eigenvalue weighted by Crippen LogP contribution is 2.23. The van der Waals surface area contributed by atoms with Gasteiger partial charge in [-0.05, 0) is 25.5 Å². The van der Waals surface area contributed by atoms with Crippen molar-refractivity contribution in [2.45, 2.75) is 24.5 Å². The Morgan fingerprint density at radius 2 is 1.96 bits per heavy atom. The summed E-state index contributed by atoms with van der Waals surface area (Å²) >= 11 is 0. The third-order valence-corrected chi connectivity index (χ3v) is 6.25. The topological polar surface area (TPSA) is 90.2 Å². The maximum Gasteiger partial charge on any atom is 0.262 e. The molecular formula is C17H19N5O3S. The molecule has 0 radical (unpaired) electrons. The van der Waals surface area contributed by atoms with Crippen molar-refractivity contribution in [3.05, 3.63) is 42.5 Å². The third-order valence-electron chi connectivity index (χ3n) is 4.51. The second-order valence-corrected chi connectivity index (χ2v) is 8.21. The zero-order chi connectivity index (χ0) is 18.3. The fourth-order valence-corrected chi connectivity index (χ4v) is 4.47. The molecule has 2 aromatic heterocycles. The fourth-order valence-electron chi connectivity index (χ4n) is 2.96. The maximum atomic E-state index is 12.7. The highest BCUT2D eigenvalue weighted by molar-refractivity contribution is 7.89. The van der Waals surface area contributed by atoms with Crippen molar-refractivity contribution in [2.24, 2.45) is 7.05 Å². The van der Waals surface area contributed by atoms with Crippen LogP contribution in [-0.4, -0.2) is 51.4 Å². The van der Waals surface area contributed by atoms with E-state index in [4.69, 9.17) is 4.74 Å². The molecule has 1 aliphatic rings. The zero-order valence-corrected chi connectivity index (χ0v) is 15.3. The molecule has 1 aliphatic heterocycles. The van der Waals surface area contributed by atoms with Gasteiger partial charge in [0.1, 0.15) is 11.9 Å². The number of aryl methyl sites for hydroxylation is 2. The summed E-state index contributed by atoms with van der Waals surface area (Å²) in [4.78, 5) is 12.9. The van der Waals surface area contributed by atoms with Crippen LogP contribution in [-0.2, 0) is 17.1 Å². The Kier molecular flexibility index (Phi) is 4.12. The van der Waals surface area contributed by atoms with Crippen LogP contribution in [0.25, 0.3) is 11.0 Å². The van der Waals surface area contributed by atoms with Gasteiger partial charge in [0.05, 0.1) is 23.8 Å². The lowest BCUT2D eigenvalue weighted by atomic mass is 10.3. The molecule has 3 heterocycles. The molecule has 0 aliphatic carbocycles. The normalized spacial score (nSPS) is 18.5. The molecule has 0 bridgehead atoms. The van der Waals surface area contributed by atoms with E-state index in [1.165, 1.54) is 10.5 Å². The smallest absolute Gasteiger partial charge is 0.262 e. The van der Waals surface area contributed by atoms with Crippen LogP contribution in [0.3, 0.4) is 0 Å². The standard InChI is InChI=1S/C17H19N5O3S/c1-12-19-17(11-21(12)2)26(23,24)22-8-7-13(10-22)25-16-9-18-14-5-3-4-6-15(14)20-16/h3-6,9,11,13H,7-8,10H2,1-2H3. The minimum absolute atomic E-state index is 0.0728. The third kappa shape index (κ3) is 3.04. The minimum Gasteiger partial charge on any atom is -0.472 e. The number of aromatic nitrogens is 4. The van der Waals surface area contributed by atoms with E-state index < -0.39 is 10.0 Å². The van der Waals surface area contributed by atoms with Crippen molar-refractivity contribution in [2.75, 3.05) is 13.1 Å². The highest BCUT2D eigenvalue weighted by Gasteiger charge is 2.35. The van der Waals surface area contributed by atoms with Gasteiger partial charge in [-0.3, -0.25) is 0 Å². The lowest BCUT2D eigenvalue weighted by Gasteiger charge is -2.15. The second kappa shape index (κ2) is 6.33. The predicted octanol–water partition coefficient (Wildman–Crippen LogP) is 1.51. The number of nitrogens with zero attached hydrogens (tertiary/aromatic N) is 5. The first-order valence-electron chi connectivity index (χ1n) is 8.32. The van der Waals surface area contributed by atoms with Crippen LogP contribution in [0.5, 0.6) is 5.88 Å². The molecule has 0 saturated carbocycles. The van der Waals surface area contributed by atoms with E-state index in [0.717, 1.165) is 11.0 Å². The van der Waals surface area contributed by atoms with Crippen LogP contribution in [0, 0.1) is 6.92 Å². The minimum atomic E-state index is -3.61. The molecular weight excluding hydrogens is 354 g/mol. The largest absolute Gasteiger partial charge is 0.472 e. The van der Waals surface area contributed by atoms with E-state index in [9.17, 15) is 8.42 Å². The number of para-hydroxylation sites is 2. The van der Waals surface area contributed by atoms with Crippen molar-refractivity contribution in [3.8, 4) is 5.88 Å². The summed E-state index contributed by atoms with van der Waals surface area (Å²) < 4.78 is 34.5. The number of ether oxygens (including phenoxy) is 1. The molecule has 4 rings (SSSR count). The molecule has 1 saturated heterocycles. The van der Waals surface area contributed by atoms with E-state index >= 15 is 0 Å². The molecule has 0 N–H and O–H groups in total. The van der Waals surface area contributed by atoms with Crippen molar-refractivity contribution in [1.29, 1.82) is 0 Å². The zero-order valence-electron chi connectivity index (χ0n) is 14.5. The fraction of sp³-hybridized carbons (Fsp3) is 0.353. The molecule has 1 unspecified atom stereocenters. The average Bonchev–Trinajstić information content (AvgIpc) is 3.23. The predicted molar refractivity (Wildman–Crippen MR) is 95.3 cm³/mol. The summed E-state index contributed by atoms with van der Waals surface area (Å²) in [5, 5.41) is 0.0728. The molecule has 0 amide bonds. The van der Waals surface area contributed by atoms with E-state index in [1.807, 2.05) is 24.3 Å². The molecule has 0 spiro atoms. The summed E-state index contributed by atoms with van der Waals surface area (Å²) in [6, 6.07) is 7.53. The van der Waals surface area contributed by atoms with Gasteiger partial charge in [-0.1, -0.05) is 12.1 Å². The van der Waals surface area contributed by atoms with Crippen LogP contribution >= 0.6 is 0 Å². The summed E-state index contributed by atoms with van der Waals surface area (Å²) in [6.45, 7) is 2.43. The van der Waals surface area contributed by atoms with Gasteiger partial charge < -0.3 is 9.30 Å². The Hall–Kier alpha value is -2.52. The molecule has 1 aromatic carbocycles. The van der Waals surface area contributed by atoms with Crippen molar-refractivity contribution in [3.63, 3.8) is 0 Å². The first-order valence-corrected chi connectivity index (χ1v) is 9.76. The Labute approximate surface area is 151 Å². The van der Waals surface area contributed by atoms with Crippen molar-refractivity contribution < 1.29 is 13.2 Å². The van der Waals surface area contributed by atoms with Gasteiger partial charge in [0.2, 0.25) is 5.88 Å². The molecule has 8 nitrogen and oxygen atoms in total. The molecule has 26 heavy (non-hydrogen) atoms. The van der Waals surface area contributed by atoms with E-state index in [2.05, 4.69) is 15.0 Å². The van der Waals surface area contributed by atoms with Crippen molar-refractivity contribution in [1.82, 2.24) is 23.8 Å². The van der Waals surface area contributed by atoms with Gasteiger partial charge >= 0.3 is 0 Å². The Balaban J connectivity index is 1.49. The number of imidazole rings is 1. The average molecular weight is 373 g/mol. The van der Waals surface area contributed by atoms with Gasteiger partial charge in [-0.25, -0.2) is 23.4 Å². The highest BCUT2D eigenvalue weighted by atomic mass is 32.2. The van der Waals surface area contributed by atoms with Gasteiger partial charge in [-0.15, -0.1) is 0 Å². The van der Waals surface area contributed by atoms with E-state index in [1.54, 1.807) is 24.7 Å². The number of hydrogen-bond acceptors (Lipinski definition) is 6. The first-order chi connectivity index (χ1) is 12.4. The van der Waals surface area contributed by atoms with Crippen LogP contribution in [0.2, 0.25) is 0 Å². The van der Waals surface area contributed by atoms with Crippen LogP contribution < -0.4 is 4.74 Å². The Bertz CT molecular complexity index is 1040. The van der Waals surface area contributed by atoms with E-state index in [-0.39, 0.29) is 17.7 Å². The van der Waals surface area contributed by atoms with Crippen LogP contribution in [0.15, 0.2) is 41.7 Å². The lowest BCUT2D eigenvalue weighted by molar-refractivity contribution is 0.207. The summed E-state index contributed by atoms with van der Waals surface area (Å²) in [5.74, 6) is 1.06. The van der Waals surface area contributed by atoms with Crippen LogP contribution in [0.4, 0.5) is 0 Å². The van der Waals surface area contributed by atoms with E-state index in [0.29, 0.717) is 24.7 Å². The SMILES string of the molecule is Cc1nc(S(=O)(=O)N2CCC(Oc3cnc4ccccc4n3)C2)cn1C. The summed E-state index contributed by atoms with van der Waals surface area (Å²) in [5.41, 5.74) is 1.54. The number of fused-ring (bicyclic) bond motifs is 1. The lowest BCUT2D eigenvalue weighted by Crippen LogP contribution is -2.31. The Morgan fingerprint density at radius 1 is 1.19 bits per heavy atom. The molecule has 136 valence electrons. The number of benzene rings is 1. The summed E-state index contributed by atoms with van der Waals surface area (Å²) in [6.07, 6.45) is 3.44. The number of rotatable bonds is 4. The Morgan fingerprint density at radius 3 is 2.69 bits per heavy atom. The monoisotopic (exact) mass is 373 g/mol. The van der Waals surface area contributed by atoms with Gasteiger partial charge in [0.25, 0.3) is 10.0 Å². The maximum absolute atomic E-state index is 12.7. The van der Waals surface area contributed by atoms with Crippen molar-refractivity contribution >= 4 is 21.1 Å². The second-order valence-electron chi connectivity index (χ2n) is 6.33.